The average Bonchev–Trinajstić information content (AvgIpc) is 3.17. The van der Waals surface area contributed by atoms with Crippen LogP contribution in [0.5, 0.6) is 11.5 Å². The van der Waals surface area contributed by atoms with Gasteiger partial charge in [0.05, 0.1) is 25.0 Å². The van der Waals surface area contributed by atoms with Gasteiger partial charge in [-0.05, 0) is 54.6 Å². The fourth-order valence-electron chi connectivity index (χ4n) is 2.66. The summed E-state index contributed by atoms with van der Waals surface area (Å²) in [5.41, 5.74) is 1.97. The predicted molar refractivity (Wildman–Crippen MR) is 104 cm³/mol. The fourth-order valence-corrected chi connectivity index (χ4v) is 2.66. The molecule has 0 radical (unpaired) electrons. The Labute approximate surface area is 166 Å². The summed E-state index contributed by atoms with van der Waals surface area (Å²) in [5, 5.41) is 24.3. The van der Waals surface area contributed by atoms with Gasteiger partial charge in [0, 0.05) is 5.56 Å². The van der Waals surface area contributed by atoms with Gasteiger partial charge in [0.25, 0.3) is 0 Å². The lowest BCUT2D eigenvalue weighted by molar-refractivity contribution is 0.0690. The van der Waals surface area contributed by atoms with E-state index in [0.717, 1.165) is 5.56 Å². The van der Waals surface area contributed by atoms with Gasteiger partial charge in [-0.2, -0.15) is 5.10 Å². The largest absolute Gasteiger partial charge is 0.497 e. The second-order valence-corrected chi connectivity index (χ2v) is 5.93. The van der Waals surface area contributed by atoms with Crippen molar-refractivity contribution < 1.29 is 29.3 Å². The SMILES string of the molecule is COc1ccc(-n2nc(C(=O)O)cc2-c2ccc(OCCNC(=O)O)cc2)cc1. The molecule has 3 N–H and O–H groups in total. The third-order valence-corrected chi connectivity index (χ3v) is 4.04. The summed E-state index contributed by atoms with van der Waals surface area (Å²) in [4.78, 5) is 21.8. The number of ether oxygens (including phenoxy) is 2. The topological polar surface area (TPSA) is 123 Å². The van der Waals surface area contributed by atoms with Crippen LogP contribution in [-0.2, 0) is 0 Å². The summed E-state index contributed by atoms with van der Waals surface area (Å²) >= 11 is 0. The van der Waals surface area contributed by atoms with E-state index >= 15 is 0 Å². The summed E-state index contributed by atoms with van der Waals surface area (Å²) < 4.78 is 12.2. The second-order valence-electron chi connectivity index (χ2n) is 5.93. The Morgan fingerprint density at radius 1 is 1.03 bits per heavy atom. The molecule has 29 heavy (non-hydrogen) atoms. The summed E-state index contributed by atoms with van der Waals surface area (Å²) in [6.07, 6.45) is -1.11. The lowest BCUT2D eigenvalue weighted by Gasteiger charge is -2.10. The van der Waals surface area contributed by atoms with E-state index in [0.29, 0.717) is 22.9 Å². The minimum absolute atomic E-state index is 0.0733. The molecule has 1 amide bonds. The molecule has 3 aromatic rings. The second kappa shape index (κ2) is 8.79. The van der Waals surface area contributed by atoms with Crippen LogP contribution < -0.4 is 14.8 Å². The number of amides is 1. The van der Waals surface area contributed by atoms with Crippen LogP contribution in [-0.4, -0.2) is 52.3 Å². The molecule has 3 rings (SSSR count). The number of carboxylic acid groups (broad SMARTS) is 2. The number of hydrogen-bond donors (Lipinski definition) is 3. The minimum Gasteiger partial charge on any atom is -0.497 e. The minimum atomic E-state index is -1.12. The molecule has 0 unspecified atom stereocenters. The summed E-state index contributed by atoms with van der Waals surface area (Å²) in [6.45, 7) is 0.363. The van der Waals surface area contributed by atoms with Crippen LogP contribution in [0, 0.1) is 0 Å². The molecular weight excluding hydrogens is 378 g/mol. The van der Waals surface area contributed by atoms with Crippen molar-refractivity contribution in [1.82, 2.24) is 15.1 Å². The molecule has 0 aliphatic carbocycles. The van der Waals surface area contributed by atoms with Crippen molar-refractivity contribution in [2.45, 2.75) is 0 Å². The molecule has 0 saturated heterocycles. The molecule has 1 heterocycles. The van der Waals surface area contributed by atoms with Gasteiger partial charge < -0.3 is 25.0 Å². The van der Waals surface area contributed by atoms with Crippen molar-refractivity contribution >= 4 is 12.1 Å². The monoisotopic (exact) mass is 397 g/mol. The third-order valence-electron chi connectivity index (χ3n) is 4.04. The first-order valence-electron chi connectivity index (χ1n) is 8.66. The highest BCUT2D eigenvalue weighted by Crippen LogP contribution is 2.27. The molecule has 9 heteroatoms. The molecule has 0 aliphatic heterocycles. The Hall–Kier alpha value is -4.01. The Balaban J connectivity index is 1.85. The maximum atomic E-state index is 11.4. The highest BCUT2D eigenvalue weighted by atomic mass is 16.5. The molecule has 9 nitrogen and oxygen atoms in total. The number of carboxylic acids is 1. The van der Waals surface area contributed by atoms with Crippen LogP contribution >= 0.6 is 0 Å². The quantitative estimate of drug-likeness (QED) is 0.499. The van der Waals surface area contributed by atoms with Crippen LogP contribution in [0.25, 0.3) is 16.9 Å². The summed E-state index contributed by atoms with van der Waals surface area (Å²) in [7, 11) is 1.57. The first kappa shape index (κ1) is 19.7. The number of carbonyl (C=O) groups is 2. The molecule has 2 aromatic carbocycles. The molecule has 150 valence electrons. The van der Waals surface area contributed by atoms with Crippen LogP contribution in [0.15, 0.2) is 54.6 Å². The summed E-state index contributed by atoms with van der Waals surface area (Å²) in [6, 6.07) is 15.6. The first-order chi connectivity index (χ1) is 14.0. The molecule has 0 saturated carbocycles. The molecule has 0 bridgehead atoms. The van der Waals surface area contributed by atoms with Gasteiger partial charge >= 0.3 is 12.1 Å². The number of rotatable bonds is 8. The van der Waals surface area contributed by atoms with Crippen LogP contribution in [0.1, 0.15) is 10.5 Å². The van der Waals surface area contributed by atoms with Gasteiger partial charge in [0.1, 0.15) is 18.1 Å². The van der Waals surface area contributed by atoms with Crippen molar-refractivity contribution in [3.05, 3.63) is 60.3 Å². The number of nitrogens with zero attached hydrogens (tertiary/aromatic N) is 2. The smallest absolute Gasteiger partial charge is 0.404 e. The van der Waals surface area contributed by atoms with Crippen molar-refractivity contribution in [2.75, 3.05) is 20.3 Å². The molecule has 0 atom stereocenters. The Morgan fingerprint density at radius 2 is 1.69 bits per heavy atom. The van der Waals surface area contributed by atoms with E-state index < -0.39 is 12.1 Å². The van der Waals surface area contributed by atoms with Gasteiger partial charge in [-0.1, -0.05) is 0 Å². The maximum absolute atomic E-state index is 11.4. The fraction of sp³-hybridized carbons (Fsp3) is 0.150. The van der Waals surface area contributed by atoms with Gasteiger partial charge in [-0.15, -0.1) is 0 Å². The molecule has 0 aliphatic rings. The standard InChI is InChI=1S/C20H19N3O6/c1-28-15-8-4-14(5-9-15)23-18(12-17(22-23)19(24)25)13-2-6-16(7-3-13)29-11-10-21-20(26)27/h2-9,12,21H,10-11H2,1H3,(H,24,25)(H,26,27). The zero-order valence-corrected chi connectivity index (χ0v) is 15.5. The van der Waals surface area contributed by atoms with Crippen molar-refractivity contribution in [2.24, 2.45) is 0 Å². The Bertz CT molecular complexity index is 996. The number of aromatic carboxylic acids is 1. The van der Waals surface area contributed by atoms with Crippen LogP contribution in [0.3, 0.4) is 0 Å². The van der Waals surface area contributed by atoms with E-state index in [4.69, 9.17) is 14.6 Å². The van der Waals surface area contributed by atoms with Gasteiger partial charge in [0.15, 0.2) is 5.69 Å². The average molecular weight is 397 g/mol. The number of hydrogen-bond acceptors (Lipinski definition) is 5. The first-order valence-corrected chi connectivity index (χ1v) is 8.66. The van der Waals surface area contributed by atoms with Gasteiger partial charge in [0.2, 0.25) is 0 Å². The van der Waals surface area contributed by atoms with E-state index in [9.17, 15) is 14.7 Å². The van der Waals surface area contributed by atoms with Crippen molar-refractivity contribution in [1.29, 1.82) is 0 Å². The van der Waals surface area contributed by atoms with Gasteiger partial charge in [-0.3, -0.25) is 0 Å². The number of nitrogens with one attached hydrogen (secondary N) is 1. The maximum Gasteiger partial charge on any atom is 0.404 e. The van der Waals surface area contributed by atoms with E-state index in [1.54, 1.807) is 60.3 Å². The highest BCUT2D eigenvalue weighted by molar-refractivity contribution is 5.87. The zero-order chi connectivity index (χ0) is 20.8. The highest BCUT2D eigenvalue weighted by Gasteiger charge is 2.16. The van der Waals surface area contributed by atoms with Crippen LogP contribution in [0.2, 0.25) is 0 Å². The predicted octanol–water partition coefficient (Wildman–Crippen LogP) is 2.89. The Kier molecular flexibility index (Phi) is 5.98. The van der Waals surface area contributed by atoms with Crippen molar-refractivity contribution in [3.63, 3.8) is 0 Å². The third kappa shape index (κ3) is 4.83. The van der Waals surface area contributed by atoms with E-state index in [2.05, 4.69) is 10.4 Å². The van der Waals surface area contributed by atoms with E-state index in [-0.39, 0.29) is 18.8 Å². The number of aromatic nitrogens is 2. The Morgan fingerprint density at radius 3 is 2.28 bits per heavy atom. The molecule has 0 spiro atoms. The lowest BCUT2D eigenvalue weighted by Crippen LogP contribution is -2.26. The zero-order valence-electron chi connectivity index (χ0n) is 15.5. The lowest BCUT2D eigenvalue weighted by atomic mass is 10.1. The molecule has 1 aromatic heterocycles. The van der Waals surface area contributed by atoms with Crippen molar-refractivity contribution in [3.8, 4) is 28.4 Å². The van der Waals surface area contributed by atoms with Gasteiger partial charge in [-0.25, -0.2) is 14.3 Å². The van der Waals surface area contributed by atoms with Crippen LogP contribution in [0.4, 0.5) is 4.79 Å². The molecule has 0 fully saturated rings. The number of methoxy groups -OCH3 is 1. The number of benzene rings is 2. The van der Waals surface area contributed by atoms with E-state index in [1.165, 1.54) is 6.07 Å². The normalized spacial score (nSPS) is 10.4. The van der Waals surface area contributed by atoms with E-state index in [1.807, 2.05) is 0 Å². The molecular formula is C20H19N3O6. The summed E-state index contributed by atoms with van der Waals surface area (Å²) in [5.74, 6) is 0.124.